The maximum atomic E-state index is 13.2. The summed E-state index contributed by atoms with van der Waals surface area (Å²) in [5, 5.41) is 13.3. The highest BCUT2D eigenvalue weighted by Gasteiger charge is 2.45. The van der Waals surface area contributed by atoms with Crippen LogP contribution in [0.1, 0.15) is 42.6 Å². The van der Waals surface area contributed by atoms with Crippen LogP contribution in [0.5, 0.6) is 11.5 Å². The zero-order chi connectivity index (χ0) is 37.4. The molecule has 0 aromatic heterocycles. The normalized spacial score (nSPS) is 26.2. The summed E-state index contributed by atoms with van der Waals surface area (Å²) < 4.78 is 49.0. The molecular weight excluding hydrogens is 693 g/mol. The number of hydrogen-bond acceptors (Lipinski definition) is 10. The maximum absolute atomic E-state index is 13.2. The summed E-state index contributed by atoms with van der Waals surface area (Å²) in [5.41, 5.74) is 1.43. The minimum absolute atomic E-state index is 0.185. The molecule has 0 aliphatic carbocycles. The minimum atomic E-state index is -1.16. The maximum Gasteiger partial charge on any atom is 0.338 e. The van der Waals surface area contributed by atoms with E-state index in [0.29, 0.717) is 30.3 Å². The summed E-state index contributed by atoms with van der Waals surface area (Å²) in [6, 6.07) is 31.5. The van der Waals surface area contributed by atoms with Gasteiger partial charge in [-0.2, -0.15) is 0 Å². The van der Waals surface area contributed by atoms with Gasteiger partial charge in [0.25, 0.3) is 0 Å². The average molecular weight is 745 g/mol. The molecule has 2 fully saturated rings. The molecule has 4 aromatic carbocycles. The number of aliphatic hydroxyl groups excluding tert-OH is 1. The van der Waals surface area contributed by atoms with Gasteiger partial charge < -0.3 is 43.0 Å². The van der Waals surface area contributed by atoms with Crippen molar-refractivity contribution in [1.82, 2.24) is 0 Å². The van der Waals surface area contributed by atoms with Gasteiger partial charge in [-0.3, -0.25) is 0 Å². The zero-order valence-corrected chi connectivity index (χ0v) is 32.2. The average Bonchev–Trinajstić information content (AvgIpc) is 3.14. The number of aliphatic hydroxyl groups is 1. The number of carbonyl (C=O) groups is 1. The van der Waals surface area contributed by atoms with Gasteiger partial charge in [-0.25, -0.2) is 4.79 Å². The van der Waals surface area contributed by atoms with Crippen molar-refractivity contribution in [2.45, 2.75) is 108 Å². The summed E-state index contributed by atoms with van der Waals surface area (Å²) in [6.07, 6.45) is -4.86. The molecule has 0 bridgehead atoms. The predicted octanol–water partition coefficient (Wildman–Crippen LogP) is 7.74. The highest BCUT2D eigenvalue weighted by Crippen LogP contribution is 2.33. The first kappa shape index (κ1) is 38.9. The lowest BCUT2D eigenvalue weighted by atomic mass is 10.00. The third kappa shape index (κ3) is 11.1. The van der Waals surface area contributed by atoms with E-state index >= 15 is 0 Å². The van der Waals surface area contributed by atoms with Gasteiger partial charge in [0.2, 0.25) is 6.29 Å². The van der Waals surface area contributed by atoms with Crippen molar-refractivity contribution < 1.29 is 47.8 Å². The molecule has 0 saturated carbocycles. The molecule has 10 nitrogen and oxygen atoms in total. The standard InChI is InChI=1S/C42H52O10Si/c1-28-40(43)36(46-26-30-15-16-31-11-9-10-14-33(31)23-30)24-39(48-28)51-37-25-38(49-29(2)41(37)52-42(44)32-12-7-6-8-13-32)50-35-19-17-34(18-20-35)47-27-45-21-22-53(3,4)5/h6-20,23,28-29,36-41,43H,21-22,24-27H2,1-5H3/t28-,29-,36-,37-,38+,39+,40-,41-/m1/s1. The number of benzene rings is 4. The summed E-state index contributed by atoms with van der Waals surface area (Å²) >= 11 is 0. The predicted molar refractivity (Wildman–Crippen MR) is 204 cm³/mol. The molecule has 11 heteroatoms. The molecule has 2 heterocycles. The van der Waals surface area contributed by atoms with Gasteiger partial charge in [0.15, 0.2) is 19.2 Å². The molecule has 2 aliphatic rings. The van der Waals surface area contributed by atoms with E-state index in [1.807, 2.05) is 55.5 Å². The molecule has 0 spiro atoms. The molecular formula is C42H52O10Si. The van der Waals surface area contributed by atoms with Crippen molar-refractivity contribution in [2.24, 2.45) is 0 Å². The van der Waals surface area contributed by atoms with Gasteiger partial charge in [-0.1, -0.05) is 74.2 Å². The molecule has 1 N–H and O–H groups in total. The van der Waals surface area contributed by atoms with Crippen LogP contribution in [0.15, 0.2) is 97.1 Å². The van der Waals surface area contributed by atoms with Crippen molar-refractivity contribution in [2.75, 3.05) is 13.4 Å². The second kappa shape index (κ2) is 18.0. The molecule has 8 atom stereocenters. The third-order valence-electron chi connectivity index (χ3n) is 9.53. The molecule has 0 radical (unpaired) electrons. The van der Waals surface area contributed by atoms with E-state index in [4.69, 9.17) is 37.9 Å². The van der Waals surface area contributed by atoms with Crippen LogP contribution in [-0.4, -0.2) is 81.8 Å². The minimum Gasteiger partial charge on any atom is -0.468 e. The quantitative estimate of drug-likeness (QED) is 0.0562. The number of hydrogen-bond donors (Lipinski definition) is 1. The number of fused-ring (bicyclic) bond motifs is 1. The Morgan fingerprint density at radius 1 is 0.792 bits per heavy atom. The molecule has 4 aromatic rings. The van der Waals surface area contributed by atoms with Crippen LogP contribution in [0.25, 0.3) is 10.8 Å². The van der Waals surface area contributed by atoms with Crippen LogP contribution in [0, 0.1) is 0 Å². The summed E-state index contributed by atoms with van der Waals surface area (Å²) in [5.74, 6) is 0.769. The molecule has 2 aliphatic heterocycles. The van der Waals surface area contributed by atoms with Gasteiger partial charge in [0.1, 0.15) is 23.7 Å². The summed E-state index contributed by atoms with van der Waals surface area (Å²) in [7, 11) is -1.16. The van der Waals surface area contributed by atoms with E-state index in [1.165, 1.54) is 0 Å². The Balaban J connectivity index is 1.10. The van der Waals surface area contributed by atoms with Gasteiger partial charge in [0.05, 0.1) is 30.5 Å². The first-order valence-corrected chi connectivity index (χ1v) is 22.2. The van der Waals surface area contributed by atoms with E-state index in [9.17, 15) is 9.90 Å². The van der Waals surface area contributed by atoms with Crippen LogP contribution in [0.3, 0.4) is 0 Å². The zero-order valence-electron chi connectivity index (χ0n) is 31.2. The first-order chi connectivity index (χ1) is 25.5. The Bertz CT molecular complexity index is 1750. The van der Waals surface area contributed by atoms with Gasteiger partial charge in [0, 0.05) is 27.5 Å². The van der Waals surface area contributed by atoms with Crippen LogP contribution in [0.4, 0.5) is 0 Å². The van der Waals surface area contributed by atoms with E-state index in [-0.39, 0.29) is 19.6 Å². The smallest absolute Gasteiger partial charge is 0.338 e. The highest BCUT2D eigenvalue weighted by molar-refractivity contribution is 6.76. The van der Waals surface area contributed by atoms with Crippen molar-refractivity contribution in [1.29, 1.82) is 0 Å². The summed E-state index contributed by atoms with van der Waals surface area (Å²) in [6.45, 7) is 11.8. The Hall–Kier alpha value is -3.81. The fraction of sp³-hybridized carbons (Fsp3) is 0.452. The lowest BCUT2D eigenvalue weighted by Gasteiger charge is -2.43. The lowest BCUT2D eigenvalue weighted by molar-refractivity contribution is -0.301. The van der Waals surface area contributed by atoms with Crippen molar-refractivity contribution in [3.8, 4) is 11.5 Å². The highest BCUT2D eigenvalue weighted by atomic mass is 28.3. The number of esters is 1. The largest absolute Gasteiger partial charge is 0.468 e. The monoisotopic (exact) mass is 744 g/mol. The van der Waals surface area contributed by atoms with Crippen molar-refractivity contribution >= 4 is 24.8 Å². The fourth-order valence-corrected chi connectivity index (χ4v) is 7.20. The van der Waals surface area contributed by atoms with Crippen LogP contribution >= 0.6 is 0 Å². The number of ether oxygens (including phenoxy) is 8. The molecule has 0 amide bonds. The van der Waals surface area contributed by atoms with Gasteiger partial charge in [-0.15, -0.1) is 0 Å². The SMILES string of the molecule is C[C@H]1O[C@@H](O[C@@H]2C[C@H](Oc3ccc(OCOCC[Si](C)(C)C)cc3)O[C@H](C)[C@H]2OC(=O)c2ccccc2)C[C@@H](OCc2ccc3ccccc3c2)[C@@H]1O. The lowest BCUT2D eigenvalue weighted by Crippen LogP contribution is -2.55. The topological polar surface area (TPSA) is 111 Å². The van der Waals surface area contributed by atoms with Crippen LogP contribution < -0.4 is 9.47 Å². The molecule has 284 valence electrons. The molecule has 2 saturated heterocycles. The Morgan fingerprint density at radius 3 is 2.23 bits per heavy atom. The van der Waals surface area contributed by atoms with Crippen molar-refractivity contribution in [3.05, 3.63) is 108 Å². The Kier molecular flexibility index (Phi) is 13.2. The molecule has 0 unspecified atom stereocenters. The van der Waals surface area contributed by atoms with E-state index in [2.05, 4.69) is 43.9 Å². The van der Waals surface area contributed by atoms with Crippen LogP contribution in [0.2, 0.25) is 25.7 Å². The number of rotatable bonds is 15. The van der Waals surface area contributed by atoms with E-state index in [0.717, 1.165) is 22.4 Å². The Labute approximate surface area is 313 Å². The van der Waals surface area contributed by atoms with Crippen molar-refractivity contribution in [3.63, 3.8) is 0 Å². The third-order valence-corrected chi connectivity index (χ3v) is 11.2. The summed E-state index contributed by atoms with van der Waals surface area (Å²) in [4.78, 5) is 13.2. The van der Waals surface area contributed by atoms with Crippen LogP contribution in [-0.2, 0) is 35.0 Å². The first-order valence-electron chi connectivity index (χ1n) is 18.5. The fourth-order valence-electron chi connectivity index (χ4n) is 6.45. The molecule has 53 heavy (non-hydrogen) atoms. The second-order valence-corrected chi connectivity index (χ2v) is 20.6. The van der Waals surface area contributed by atoms with Gasteiger partial charge >= 0.3 is 5.97 Å². The number of carbonyl (C=O) groups excluding carboxylic acids is 1. The van der Waals surface area contributed by atoms with Gasteiger partial charge in [-0.05, 0) is 78.7 Å². The second-order valence-electron chi connectivity index (χ2n) is 15.0. The molecule has 6 rings (SSSR count). The Morgan fingerprint density at radius 2 is 1.47 bits per heavy atom. The van der Waals surface area contributed by atoms with E-state index in [1.54, 1.807) is 31.2 Å². The van der Waals surface area contributed by atoms with E-state index < -0.39 is 63.2 Å².